The van der Waals surface area contributed by atoms with Crippen LogP contribution in [0.3, 0.4) is 0 Å². The van der Waals surface area contributed by atoms with Gasteiger partial charge in [0.25, 0.3) is 5.91 Å². The van der Waals surface area contributed by atoms with Crippen molar-refractivity contribution in [3.05, 3.63) is 64.8 Å². The number of carbonyl (C=O) groups excluding carboxylic acids is 1. The summed E-state index contributed by atoms with van der Waals surface area (Å²) in [4.78, 5) is 24.4. The van der Waals surface area contributed by atoms with Crippen LogP contribution in [0.25, 0.3) is 10.9 Å². The van der Waals surface area contributed by atoms with Crippen LogP contribution in [0.15, 0.2) is 42.5 Å². The van der Waals surface area contributed by atoms with Gasteiger partial charge in [0.2, 0.25) is 0 Å². The SMILES string of the molecule is CCc1ccc(C(=O)n2c(C)c(CC(=O)O)c3cc(OC)ccc32)cc1. The third-order valence-electron chi connectivity index (χ3n) is 4.68. The van der Waals surface area contributed by atoms with Gasteiger partial charge in [-0.25, -0.2) is 0 Å². The molecule has 0 aliphatic rings. The predicted octanol–water partition coefficient (Wildman–Crippen LogP) is 3.84. The zero-order chi connectivity index (χ0) is 18.8. The Bertz CT molecular complexity index is 983. The predicted molar refractivity (Wildman–Crippen MR) is 100 cm³/mol. The molecule has 0 bridgehead atoms. The Balaban J connectivity index is 2.19. The molecule has 0 aliphatic heterocycles. The minimum atomic E-state index is -0.935. The summed E-state index contributed by atoms with van der Waals surface area (Å²) in [5.41, 5.74) is 3.68. The molecular formula is C21H21NO4. The minimum absolute atomic E-state index is 0.148. The number of aromatic nitrogens is 1. The van der Waals surface area contributed by atoms with Crippen LogP contribution in [0, 0.1) is 6.92 Å². The number of benzene rings is 2. The highest BCUT2D eigenvalue weighted by atomic mass is 16.5. The summed E-state index contributed by atoms with van der Waals surface area (Å²) in [6.07, 6.45) is 0.757. The summed E-state index contributed by atoms with van der Waals surface area (Å²) in [5.74, 6) is -0.479. The number of aryl methyl sites for hydroxylation is 1. The van der Waals surface area contributed by atoms with Crippen LogP contribution in [0.4, 0.5) is 0 Å². The second-order valence-electron chi connectivity index (χ2n) is 6.21. The molecule has 26 heavy (non-hydrogen) atoms. The minimum Gasteiger partial charge on any atom is -0.497 e. The number of hydrogen-bond donors (Lipinski definition) is 1. The van der Waals surface area contributed by atoms with Gasteiger partial charge in [-0.3, -0.25) is 14.2 Å². The summed E-state index contributed by atoms with van der Waals surface area (Å²) < 4.78 is 6.85. The first-order valence-corrected chi connectivity index (χ1v) is 8.49. The maximum Gasteiger partial charge on any atom is 0.307 e. The highest BCUT2D eigenvalue weighted by Gasteiger charge is 2.21. The van der Waals surface area contributed by atoms with E-state index in [1.807, 2.05) is 24.3 Å². The van der Waals surface area contributed by atoms with Crippen LogP contribution in [-0.2, 0) is 17.6 Å². The van der Waals surface area contributed by atoms with Crippen LogP contribution in [-0.4, -0.2) is 28.7 Å². The van der Waals surface area contributed by atoms with E-state index >= 15 is 0 Å². The van der Waals surface area contributed by atoms with Crippen molar-refractivity contribution in [3.8, 4) is 5.75 Å². The smallest absolute Gasteiger partial charge is 0.307 e. The van der Waals surface area contributed by atoms with Crippen molar-refractivity contribution < 1.29 is 19.4 Å². The van der Waals surface area contributed by atoms with E-state index in [2.05, 4.69) is 6.92 Å². The van der Waals surface area contributed by atoms with Gasteiger partial charge in [0.1, 0.15) is 5.75 Å². The van der Waals surface area contributed by atoms with Crippen molar-refractivity contribution in [1.82, 2.24) is 4.57 Å². The molecule has 3 aromatic rings. The number of methoxy groups -OCH3 is 1. The van der Waals surface area contributed by atoms with Gasteiger partial charge in [-0.05, 0) is 54.8 Å². The molecule has 0 atom stereocenters. The molecule has 2 aromatic carbocycles. The molecule has 1 N–H and O–H groups in total. The summed E-state index contributed by atoms with van der Waals surface area (Å²) in [5, 5.41) is 10.00. The van der Waals surface area contributed by atoms with E-state index in [4.69, 9.17) is 4.74 Å². The fourth-order valence-corrected chi connectivity index (χ4v) is 3.24. The number of ether oxygens (including phenoxy) is 1. The monoisotopic (exact) mass is 351 g/mol. The average Bonchev–Trinajstić information content (AvgIpc) is 2.92. The molecule has 0 radical (unpaired) electrons. The fourth-order valence-electron chi connectivity index (χ4n) is 3.24. The molecule has 5 heteroatoms. The lowest BCUT2D eigenvalue weighted by atomic mass is 10.1. The Morgan fingerprint density at radius 2 is 1.81 bits per heavy atom. The van der Waals surface area contributed by atoms with E-state index in [1.54, 1.807) is 36.8 Å². The van der Waals surface area contributed by atoms with Crippen LogP contribution in [0.5, 0.6) is 5.75 Å². The quantitative estimate of drug-likeness (QED) is 0.758. The summed E-state index contributed by atoms with van der Waals surface area (Å²) in [6, 6.07) is 12.9. The lowest BCUT2D eigenvalue weighted by molar-refractivity contribution is -0.136. The summed E-state index contributed by atoms with van der Waals surface area (Å²) in [6.45, 7) is 3.84. The zero-order valence-corrected chi connectivity index (χ0v) is 15.1. The second kappa shape index (κ2) is 7.04. The first-order valence-electron chi connectivity index (χ1n) is 8.49. The van der Waals surface area contributed by atoms with Gasteiger partial charge in [-0.1, -0.05) is 19.1 Å². The van der Waals surface area contributed by atoms with E-state index < -0.39 is 5.97 Å². The molecular weight excluding hydrogens is 330 g/mol. The van der Waals surface area contributed by atoms with Crippen molar-refractivity contribution in [2.75, 3.05) is 7.11 Å². The lowest BCUT2D eigenvalue weighted by Gasteiger charge is -2.08. The average molecular weight is 351 g/mol. The van der Waals surface area contributed by atoms with Crippen molar-refractivity contribution in [2.45, 2.75) is 26.7 Å². The number of nitrogens with zero attached hydrogens (tertiary/aromatic N) is 1. The Labute approximate surface area is 151 Å². The molecule has 0 saturated heterocycles. The molecule has 0 spiro atoms. The molecule has 5 nitrogen and oxygen atoms in total. The molecule has 1 aromatic heterocycles. The number of fused-ring (bicyclic) bond motifs is 1. The molecule has 0 aliphatic carbocycles. The highest BCUT2D eigenvalue weighted by molar-refractivity contribution is 6.04. The Kier molecular flexibility index (Phi) is 4.80. The van der Waals surface area contributed by atoms with Gasteiger partial charge >= 0.3 is 5.97 Å². The molecule has 0 fully saturated rings. The first kappa shape index (κ1) is 17.7. The van der Waals surface area contributed by atoms with Crippen LogP contribution in [0.1, 0.15) is 34.1 Å². The largest absolute Gasteiger partial charge is 0.497 e. The second-order valence-corrected chi connectivity index (χ2v) is 6.21. The third-order valence-corrected chi connectivity index (χ3v) is 4.68. The van der Waals surface area contributed by atoms with E-state index in [0.717, 1.165) is 17.4 Å². The molecule has 1 heterocycles. The highest BCUT2D eigenvalue weighted by Crippen LogP contribution is 2.30. The lowest BCUT2D eigenvalue weighted by Crippen LogP contribution is -2.14. The standard InChI is InChI=1S/C21H21NO4/c1-4-14-5-7-15(8-6-14)21(25)22-13(2)17(12-20(23)24)18-11-16(26-3)9-10-19(18)22/h5-11H,4,12H2,1-3H3,(H,23,24). The molecule has 134 valence electrons. The van der Waals surface area contributed by atoms with Crippen molar-refractivity contribution in [3.63, 3.8) is 0 Å². The molecule has 0 amide bonds. The van der Waals surface area contributed by atoms with E-state index in [-0.39, 0.29) is 12.3 Å². The summed E-state index contributed by atoms with van der Waals surface area (Å²) in [7, 11) is 1.56. The van der Waals surface area contributed by atoms with E-state index in [0.29, 0.717) is 28.1 Å². The van der Waals surface area contributed by atoms with Gasteiger partial charge in [0.15, 0.2) is 0 Å². The number of aliphatic carboxylic acids is 1. The maximum atomic E-state index is 13.1. The normalized spacial score (nSPS) is 10.9. The Morgan fingerprint density at radius 3 is 2.38 bits per heavy atom. The number of hydrogen-bond acceptors (Lipinski definition) is 3. The van der Waals surface area contributed by atoms with Gasteiger partial charge < -0.3 is 9.84 Å². The number of carbonyl (C=O) groups is 2. The van der Waals surface area contributed by atoms with Gasteiger partial charge in [0.05, 0.1) is 19.0 Å². The van der Waals surface area contributed by atoms with Crippen LogP contribution >= 0.6 is 0 Å². The van der Waals surface area contributed by atoms with Crippen molar-refractivity contribution in [2.24, 2.45) is 0 Å². The van der Waals surface area contributed by atoms with Crippen molar-refractivity contribution >= 4 is 22.8 Å². The fraction of sp³-hybridized carbons (Fsp3) is 0.238. The van der Waals surface area contributed by atoms with Crippen LogP contribution in [0.2, 0.25) is 0 Å². The summed E-state index contributed by atoms with van der Waals surface area (Å²) >= 11 is 0. The Hall–Kier alpha value is -3.08. The molecule has 0 saturated carbocycles. The van der Waals surface area contributed by atoms with Gasteiger partial charge in [-0.2, -0.15) is 0 Å². The number of rotatable bonds is 5. The third kappa shape index (κ3) is 3.08. The first-order chi connectivity index (χ1) is 12.5. The maximum absolute atomic E-state index is 13.1. The van der Waals surface area contributed by atoms with Crippen molar-refractivity contribution in [1.29, 1.82) is 0 Å². The molecule has 0 unspecified atom stereocenters. The van der Waals surface area contributed by atoms with Crippen LogP contribution < -0.4 is 4.74 Å². The van der Waals surface area contributed by atoms with Gasteiger partial charge in [-0.15, -0.1) is 0 Å². The topological polar surface area (TPSA) is 68.5 Å². The number of carboxylic acids is 1. The Morgan fingerprint density at radius 1 is 1.12 bits per heavy atom. The zero-order valence-electron chi connectivity index (χ0n) is 15.1. The molecule has 3 rings (SSSR count). The van der Waals surface area contributed by atoms with E-state index in [9.17, 15) is 14.7 Å². The number of carboxylic acid groups (broad SMARTS) is 1. The van der Waals surface area contributed by atoms with E-state index in [1.165, 1.54) is 0 Å². The van der Waals surface area contributed by atoms with Gasteiger partial charge in [0, 0.05) is 16.6 Å².